The van der Waals surface area contributed by atoms with Crippen molar-refractivity contribution in [2.24, 2.45) is 0 Å². The minimum absolute atomic E-state index is 0.142. The molecule has 0 unspecified atom stereocenters. The molecule has 2 aromatic carbocycles. The second-order valence-corrected chi connectivity index (χ2v) is 8.54. The fraction of sp³-hybridized carbons (Fsp3) is 0.320. The number of anilines is 3. The van der Waals surface area contributed by atoms with Gasteiger partial charge in [-0.3, -0.25) is 0 Å². The fourth-order valence-electron chi connectivity index (χ4n) is 4.42. The first-order chi connectivity index (χ1) is 16.0. The summed E-state index contributed by atoms with van der Waals surface area (Å²) in [4.78, 5) is 10.8. The van der Waals surface area contributed by atoms with Crippen molar-refractivity contribution in [1.29, 1.82) is 5.26 Å². The maximum absolute atomic E-state index is 14.9. The van der Waals surface area contributed by atoms with Crippen LogP contribution in [-0.2, 0) is 13.0 Å². The molecule has 8 heteroatoms. The lowest BCUT2D eigenvalue weighted by Gasteiger charge is -2.35. The molecule has 0 saturated heterocycles. The Morgan fingerprint density at radius 2 is 2.12 bits per heavy atom. The van der Waals surface area contributed by atoms with Crippen molar-refractivity contribution in [1.82, 2.24) is 15.3 Å². The molecule has 3 heterocycles. The number of halogens is 1. The molecule has 7 nitrogen and oxygen atoms in total. The number of nitrogens with one attached hydrogen (secondary N) is 2. The van der Waals surface area contributed by atoms with Gasteiger partial charge < -0.3 is 20.3 Å². The van der Waals surface area contributed by atoms with Gasteiger partial charge in [0.15, 0.2) is 11.6 Å². The highest BCUT2D eigenvalue weighted by Gasteiger charge is 2.25. The lowest BCUT2D eigenvalue weighted by Crippen LogP contribution is -2.38. The SMILES string of the molecule is CC(C)N1CCOc2c(C#N)cc(-c3nc(Nc4ccc5c(c4)CCNC5)ncc3F)cc21. The van der Waals surface area contributed by atoms with Crippen LogP contribution in [0.3, 0.4) is 0 Å². The number of ether oxygens (including phenoxy) is 1. The molecule has 3 aromatic rings. The smallest absolute Gasteiger partial charge is 0.227 e. The molecule has 168 valence electrons. The van der Waals surface area contributed by atoms with Crippen molar-refractivity contribution in [3.63, 3.8) is 0 Å². The van der Waals surface area contributed by atoms with Gasteiger partial charge in [0.05, 0.1) is 24.0 Å². The predicted molar refractivity (Wildman–Crippen MR) is 125 cm³/mol. The lowest BCUT2D eigenvalue weighted by atomic mass is 10.0. The van der Waals surface area contributed by atoms with E-state index in [9.17, 15) is 9.65 Å². The molecule has 1 aromatic heterocycles. The van der Waals surface area contributed by atoms with Crippen LogP contribution >= 0.6 is 0 Å². The van der Waals surface area contributed by atoms with Gasteiger partial charge in [0.25, 0.3) is 0 Å². The highest BCUT2D eigenvalue weighted by molar-refractivity contribution is 5.76. The Kier molecular flexibility index (Phi) is 5.56. The Labute approximate surface area is 192 Å². The summed E-state index contributed by atoms with van der Waals surface area (Å²) in [7, 11) is 0. The van der Waals surface area contributed by atoms with E-state index in [1.165, 1.54) is 11.1 Å². The molecular formula is C25H25FN6O. The molecule has 0 saturated carbocycles. The Balaban J connectivity index is 1.52. The average molecular weight is 445 g/mol. The fourth-order valence-corrected chi connectivity index (χ4v) is 4.42. The van der Waals surface area contributed by atoms with Crippen LogP contribution in [0, 0.1) is 17.1 Å². The maximum atomic E-state index is 14.9. The molecule has 33 heavy (non-hydrogen) atoms. The average Bonchev–Trinajstić information content (AvgIpc) is 2.84. The van der Waals surface area contributed by atoms with E-state index >= 15 is 0 Å². The minimum atomic E-state index is -0.547. The molecule has 0 bridgehead atoms. The van der Waals surface area contributed by atoms with Crippen molar-refractivity contribution in [3.8, 4) is 23.1 Å². The van der Waals surface area contributed by atoms with E-state index < -0.39 is 5.82 Å². The van der Waals surface area contributed by atoms with Gasteiger partial charge in [0, 0.05) is 23.8 Å². The summed E-state index contributed by atoms with van der Waals surface area (Å²) in [5, 5.41) is 16.3. The van der Waals surface area contributed by atoms with Crippen molar-refractivity contribution < 1.29 is 9.13 Å². The van der Waals surface area contributed by atoms with Crippen LogP contribution < -0.4 is 20.3 Å². The van der Waals surface area contributed by atoms with Crippen LogP contribution in [0.25, 0.3) is 11.3 Å². The molecular weight excluding hydrogens is 419 g/mol. The molecule has 5 rings (SSSR count). The third-order valence-corrected chi connectivity index (χ3v) is 6.07. The minimum Gasteiger partial charge on any atom is -0.488 e. The standard InChI is InChI=1S/C25H25FN6O/c1-15(2)32-7-8-33-24-19(12-27)9-18(11-22(24)32)23-21(26)14-29-25(31-23)30-20-4-3-17-13-28-6-5-16(17)10-20/h3-4,9-11,14-15,28H,5-8,13H2,1-2H3,(H,29,30,31). The zero-order valence-corrected chi connectivity index (χ0v) is 18.7. The van der Waals surface area contributed by atoms with Crippen molar-refractivity contribution in [2.75, 3.05) is 29.9 Å². The van der Waals surface area contributed by atoms with E-state index in [2.05, 4.69) is 57.6 Å². The van der Waals surface area contributed by atoms with E-state index in [0.29, 0.717) is 36.0 Å². The summed E-state index contributed by atoms with van der Waals surface area (Å²) in [6.45, 7) is 7.18. The summed E-state index contributed by atoms with van der Waals surface area (Å²) >= 11 is 0. The van der Waals surface area contributed by atoms with Gasteiger partial charge in [-0.2, -0.15) is 5.26 Å². The summed E-state index contributed by atoms with van der Waals surface area (Å²) in [5.74, 6) is 0.291. The molecule has 0 fully saturated rings. The number of hydrogen-bond donors (Lipinski definition) is 2. The summed E-state index contributed by atoms with van der Waals surface area (Å²) in [6.07, 6.45) is 2.12. The number of benzene rings is 2. The number of rotatable bonds is 4. The Bertz CT molecular complexity index is 1250. The quantitative estimate of drug-likeness (QED) is 0.625. The van der Waals surface area contributed by atoms with Crippen LogP contribution in [0.4, 0.5) is 21.7 Å². The first-order valence-corrected chi connectivity index (χ1v) is 11.1. The maximum Gasteiger partial charge on any atom is 0.227 e. The number of hydrogen-bond acceptors (Lipinski definition) is 7. The van der Waals surface area contributed by atoms with Crippen LogP contribution in [0.1, 0.15) is 30.5 Å². The molecule has 2 aliphatic heterocycles. The molecule has 0 amide bonds. The first kappa shape index (κ1) is 21.2. The van der Waals surface area contributed by atoms with E-state index in [1.807, 2.05) is 12.1 Å². The zero-order valence-electron chi connectivity index (χ0n) is 18.7. The van der Waals surface area contributed by atoms with Crippen LogP contribution in [0.5, 0.6) is 5.75 Å². The Morgan fingerprint density at radius 1 is 1.24 bits per heavy atom. The van der Waals surface area contributed by atoms with E-state index in [4.69, 9.17) is 4.74 Å². The number of aromatic nitrogens is 2. The predicted octanol–water partition coefficient (Wildman–Crippen LogP) is 4.15. The van der Waals surface area contributed by atoms with E-state index in [0.717, 1.165) is 37.1 Å². The second-order valence-electron chi connectivity index (χ2n) is 8.54. The number of fused-ring (bicyclic) bond motifs is 2. The van der Waals surface area contributed by atoms with E-state index in [-0.39, 0.29) is 11.7 Å². The summed E-state index contributed by atoms with van der Waals surface area (Å²) in [5.41, 5.74) is 5.22. The highest BCUT2D eigenvalue weighted by atomic mass is 19.1. The van der Waals surface area contributed by atoms with Gasteiger partial charge in [-0.25, -0.2) is 14.4 Å². The lowest BCUT2D eigenvalue weighted by molar-refractivity contribution is 0.302. The van der Waals surface area contributed by atoms with Crippen LogP contribution in [-0.4, -0.2) is 35.7 Å². The summed E-state index contributed by atoms with van der Waals surface area (Å²) < 4.78 is 20.6. The van der Waals surface area contributed by atoms with Crippen molar-refractivity contribution in [3.05, 3.63) is 59.0 Å². The van der Waals surface area contributed by atoms with Gasteiger partial charge in [0.1, 0.15) is 18.4 Å². The number of nitrogens with zero attached hydrogens (tertiary/aromatic N) is 4. The normalized spacial score (nSPS) is 14.8. The van der Waals surface area contributed by atoms with Gasteiger partial charge in [-0.1, -0.05) is 6.07 Å². The van der Waals surface area contributed by atoms with Crippen molar-refractivity contribution in [2.45, 2.75) is 32.9 Å². The second kappa shape index (κ2) is 8.68. The Morgan fingerprint density at radius 3 is 2.94 bits per heavy atom. The van der Waals surface area contributed by atoms with Gasteiger partial charge in [-0.15, -0.1) is 0 Å². The Hall–Kier alpha value is -3.70. The largest absolute Gasteiger partial charge is 0.488 e. The van der Waals surface area contributed by atoms with Gasteiger partial charge in [-0.05, 0) is 62.2 Å². The number of nitriles is 1. The van der Waals surface area contributed by atoms with Crippen molar-refractivity contribution >= 4 is 17.3 Å². The molecule has 2 aliphatic rings. The van der Waals surface area contributed by atoms with Gasteiger partial charge in [0.2, 0.25) is 5.95 Å². The summed E-state index contributed by atoms with van der Waals surface area (Å²) in [6, 6.07) is 12.0. The first-order valence-electron chi connectivity index (χ1n) is 11.1. The molecule has 0 spiro atoms. The third kappa shape index (κ3) is 4.08. The zero-order chi connectivity index (χ0) is 22.9. The molecule has 0 radical (unpaired) electrons. The van der Waals surface area contributed by atoms with E-state index in [1.54, 1.807) is 6.07 Å². The highest BCUT2D eigenvalue weighted by Crippen LogP contribution is 2.40. The van der Waals surface area contributed by atoms with Crippen LogP contribution in [0.15, 0.2) is 36.5 Å². The van der Waals surface area contributed by atoms with Crippen LogP contribution in [0.2, 0.25) is 0 Å². The molecule has 0 aliphatic carbocycles. The molecule has 2 N–H and O–H groups in total. The monoisotopic (exact) mass is 444 g/mol. The van der Waals surface area contributed by atoms with Gasteiger partial charge >= 0.3 is 0 Å². The third-order valence-electron chi connectivity index (χ3n) is 6.07. The molecule has 0 atom stereocenters. The topological polar surface area (TPSA) is 86.1 Å².